The van der Waals surface area contributed by atoms with Crippen LogP contribution in [0.2, 0.25) is 0 Å². The van der Waals surface area contributed by atoms with Crippen LogP contribution in [0.3, 0.4) is 0 Å². The van der Waals surface area contributed by atoms with Crippen molar-refractivity contribution >= 4 is 13.1 Å². The Hall–Kier alpha value is -1.33. The molecule has 0 aromatic carbocycles. The van der Waals surface area contributed by atoms with Crippen molar-refractivity contribution in [2.45, 2.75) is 26.7 Å². The van der Waals surface area contributed by atoms with Crippen LogP contribution in [0.15, 0.2) is 35.9 Å². The number of carbonyl (C=O) groups is 1. The third-order valence-corrected chi connectivity index (χ3v) is 2.01. The molecule has 0 heterocycles. The van der Waals surface area contributed by atoms with Crippen molar-refractivity contribution in [2.75, 3.05) is 6.61 Å². The summed E-state index contributed by atoms with van der Waals surface area (Å²) in [5.74, 6) is -0.394. The average molecular weight is 238 g/mol. The summed E-state index contributed by atoms with van der Waals surface area (Å²) in [6.07, 6.45) is 9.28. The molecule has 0 saturated heterocycles. The molecular formula is C12H19BO4. The third-order valence-electron chi connectivity index (χ3n) is 2.01. The van der Waals surface area contributed by atoms with E-state index >= 15 is 0 Å². The SMILES string of the molecule is C\C=C(/C=C\C=C\C(=O)OCCCC)B(O)O. The summed E-state index contributed by atoms with van der Waals surface area (Å²) in [4.78, 5) is 11.1. The van der Waals surface area contributed by atoms with Crippen molar-refractivity contribution in [3.8, 4) is 0 Å². The van der Waals surface area contributed by atoms with Gasteiger partial charge in [-0.1, -0.05) is 37.6 Å². The van der Waals surface area contributed by atoms with Gasteiger partial charge in [-0.15, -0.1) is 0 Å². The van der Waals surface area contributed by atoms with E-state index in [1.807, 2.05) is 6.92 Å². The second kappa shape index (κ2) is 9.87. The largest absolute Gasteiger partial charge is 0.488 e. The number of rotatable bonds is 7. The van der Waals surface area contributed by atoms with Gasteiger partial charge in [-0.2, -0.15) is 0 Å². The Morgan fingerprint density at radius 2 is 1.94 bits per heavy atom. The van der Waals surface area contributed by atoms with E-state index in [4.69, 9.17) is 14.8 Å². The Bertz CT molecular complexity index is 306. The maximum atomic E-state index is 11.1. The van der Waals surface area contributed by atoms with Crippen LogP contribution in [0.5, 0.6) is 0 Å². The van der Waals surface area contributed by atoms with Crippen molar-refractivity contribution in [1.82, 2.24) is 0 Å². The molecule has 0 amide bonds. The monoisotopic (exact) mass is 238 g/mol. The van der Waals surface area contributed by atoms with Crippen LogP contribution < -0.4 is 0 Å². The first kappa shape index (κ1) is 15.7. The van der Waals surface area contributed by atoms with Gasteiger partial charge in [0.2, 0.25) is 0 Å². The summed E-state index contributed by atoms with van der Waals surface area (Å²) in [5.41, 5.74) is 0.369. The first-order valence-electron chi connectivity index (χ1n) is 5.65. The van der Waals surface area contributed by atoms with Crippen molar-refractivity contribution in [3.63, 3.8) is 0 Å². The molecule has 0 rings (SSSR count). The fourth-order valence-electron chi connectivity index (χ4n) is 0.997. The van der Waals surface area contributed by atoms with E-state index in [1.165, 1.54) is 18.2 Å². The van der Waals surface area contributed by atoms with Crippen LogP contribution in [0.1, 0.15) is 26.7 Å². The Morgan fingerprint density at radius 3 is 2.47 bits per heavy atom. The molecule has 5 heteroatoms. The number of carbonyl (C=O) groups excluding carboxylic acids is 1. The molecule has 17 heavy (non-hydrogen) atoms. The number of esters is 1. The summed E-state index contributed by atoms with van der Waals surface area (Å²) in [6.45, 7) is 4.14. The average Bonchev–Trinajstić information content (AvgIpc) is 2.29. The van der Waals surface area contributed by atoms with Gasteiger partial charge < -0.3 is 14.8 Å². The molecule has 0 aliphatic heterocycles. The second-order valence-corrected chi connectivity index (χ2v) is 3.40. The highest BCUT2D eigenvalue weighted by Gasteiger charge is 2.09. The van der Waals surface area contributed by atoms with Crippen LogP contribution >= 0.6 is 0 Å². The molecule has 2 N–H and O–H groups in total. The molecular weight excluding hydrogens is 219 g/mol. The van der Waals surface area contributed by atoms with Gasteiger partial charge in [-0.3, -0.25) is 0 Å². The highest BCUT2D eigenvalue weighted by atomic mass is 16.5. The van der Waals surface area contributed by atoms with Gasteiger partial charge in [0.05, 0.1) is 6.61 Å². The number of unbranched alkanes of at least 4 members (excludes halogenated alkanes) is 1. The van der Waals surface area contributed by atoms with Gasteiger partial charge in [0.25, 0.3) is 0 Å². The zero-order valence-corrected chi connectivity index (χ0v) is 10.3. The normalized spacial score (nSPS) is 12.4. The highest BCUT2D eigenvalue weighted by molar-refractivity contribution is 6.51. The number of ether oxygens (including phenoxy) is 1. The lowest BCUT2D eigenvalue weighted by Gasteiger charge is -1.98. The molecule has 0 aliphatic carbocycles. The van der Waals surface area contributed by atoms with Crippen LogP contribution in [-0.4, -0.2) is 29.7 Å². The molecule has 0 unspecified atom stereocenters. The molecule has 0 atom stereocenters. The predicted octanol–water partition coefficient (Wildman–Crippen LogP) is 1.40. The van der Waals surface area contributed by atoms with Crippen LogP contribution in [0.4, 0.5) is 0 Å². The Labute approximate surface area is 102 Å². The van der Waals surface area contributed by atoms with E-state index in [2.05, 4.69) is 0 Å². The molecule has 0 aromatic heterocycles. The first-order chi connectivity index (χ1) is 8.11. The zero-order chi connectivity index (χ0) is 13.1. The van der Waals surface area contributed by atoms with Crippen molar-refractivity contribution in [2.24, 2.45) is 0 Å². The van der Waals surface area contributed by atoms with E-state index < -0.39 is 13.1 Å². The molecule has 4 nitrogen and oxygen atoms in total. The standard InChI is InChI=1S/C12H19BO4/c1-3-5-10-17-12(14)9-7-6-8-11(4-2)13(15)16/h4,6-9,15-16H,3,5,10H2,1-2H3/b8-6-,9-7+,11-4+. The van der Waals surface area contributed by atoms with Gasteiger partial charge in [0.15, 0.2) is 0 Å². The van der Waals surface area contributed by atoms with Gasteiger partial charge >= 0.3 is 13.1 Å². The lowest BCUT2D eigenvalue weighted by Crippen LogP contribution is -2.13. The lowest BCUT2D eigenvalue weighted by molar-refractivity contribution is -0.137. The third kappa shape index (κ3) is 8.48. The quantitative estimate of drug-likeness (QED) is 0.231. The van der Waals surface area contributed by atoms with Gasteiger partial charge in [-0.05, 0) is 18.8 Å². The van der Waals surface area contributed by atoms with Crippen molar-refractivity contribution in [1.29, 1.82) is 0 Å². The highest BCUT2D eigenvalue weighted by Crippen LogP contribution is 1.98. The number of hydrogen-bond donors (Lipinski definition) is 2. The summed E-state index contributed by atoms with van der Waals surface area (Å²) in [7, 11) is -1.50. The van der Waals surface area contributed by atoms with Crippen molar-refractivity contribution < 1.29 is 19.6 Å². The minimum Gasteiger partial charge on any atom is -0.463 e. The maximum absolute atomic E-state index is 11.1. The molecule has 0 fully saturated rings. The van der Waals surface area contributed by atoms with Crippen molar-refractivity contribution in [3.05, 3.63) is 35.9 Å². The fourth-order valence-corrected chi connectivity index (χ4v) is 0.997. The van der Waals surface area contributed by atoms with Gasteiger partial charge in [0, 0.05) is 6.08 Å². The first-order valence-corrected chi connectivity index (χ1v) is 5.65. The smallest absolute Gasteiger partial charge is 0.463 e. The summed E-state index contributed by atoms with van der Waals surface area (Å²) in [6, 6.07) is 0. The zero-order valence-electron chi connectivity index (χ0n) is 10.3. The lowest BCUT2D eigenvalue weighted by atomic mass is 9.79. The Morgan fingerprint density at radius 1 is 1.29 bits per heavy atom. The summed E-state index contributed by atoms with van der Waals surface area (Å²) < 4.78 is 4.89. The Kier molecular flexibility index (Phi) is 9.10. The molecule has 0 spiro atoms. The number of hydrogen-bond acceptors (Lipinski definition) is 4. The van der Waals surface area contributed by atoms with E-state index in [1.54, 1.807) is 19.1 Å². The topological polar surface area (TPSA) is 66.8 Å². The van der Waals surface area contributed by atoms with E-state index in [0.29, 0.717) is 12.1 Å². The van der Waals surface area contributed by atoms with E-state index in [0.717, 1.165) is 12.8 Å². The molecule has 0 saturated carbocycles. The maximum Gasteiger partial charge on any atom is 0.488 e. The van der Waals surface area contributed by atoms with Crippen LogP contribution in [0, 0.1) is 0 Å². The molecule has 0 aromatic rings. The predicted molar refractivity (Wildman–Crippen MR) is 68.1 cm³/mol. The second-order valence-electron chi connectivity index (χ2n) is 3.40. The minimum absolute atomic E-state index is 0.369. The molecule has 0 radical (unpaired) electrons. The molecule has 0 aliphatic rings. The van der Waals surface area contributed by atoms with E-state index in [9.17, 15) is 4.79 Å². The van der Waals surface area contributed by atoms with Gasteiger partial charge in [-0.25, -0.2) is 4.79 Å². The van der Waals surface area contributed by atoms with Gasteiger partial charge in [0.1, 0.15) is 0 Å². The summed E-state index contributed by atoms with van der Waals surface area (Å²) in [5, 5.41) is 17.8. The molecule has 94 valence electrons. The van der Waals surface area contributed by atoms with Crippen LogP contribution in [0.25, 0.3) is 0 Å². The number of allylic oxidation sites excluding steroid dienone is 5. The summed E-state index contributed by atoms with van der Waals surface area (Å²) >= 11 is 0. The van der Waals surface area contributed by atoms with E-state index in [-0.39, 0.29) is 0 Å². The fraction of sp³-hybridized carbons (Fsp3) is 0.417. The minimum atomic E-state index is -1.50. The molecule has 0 bridgehead atoms. The van der Waals surface area contributed by atoms with Crippen LogP contribution in [-0.2, 0) is 9.53 Å². The Balaban J connectivity index is 4.01.